The number of rotatable bonds is 11. The van der Waals surface area contributed by atoms with E-state index in [-0.39, 0.29) is 24.7 Å². The van der Waals surface area contributed by atoms with Crippen LogP contribution in [0.4, 0.5) is 11.4 Å². The van der Waals surface area contributed by atoms with Gasteiger partial charge in [-0.15, -0.1) is 12.4 Å². The number of non-ortho nitro benzene ring substituents is 1. The summed E-state index contributed by atoms with van der Waals surface area (Å²) in [7, 11) is 1.58. The number of benzene rings is 3. The predicted octanol–water partition coefficient (Wildman–Crippen LogP) is 6.77. The van der Waals surface area contributed by atoms with E-state index in [1.54, 1.807) is 31.4 Å². The van der Waals surface area contributed by atoms with Gasteiger partial charge >= 0.3 is 0 Å². The molecule has 0 heterocycles. The van der Waals surface area contributed by atoms with Crippen LogP contribution in [0.25, 0.3) is 0 Å². The summed E-state index contributed by atoms with van der Waals surface area (Å²) in [5.74, 6) is 1.19. The molecule has 0 saturated heterocycles. The molecule has 0 amide bonds. The molecule has 0 radical (unpaired) electrons. The summed E-state index contributed by atoms with van der Waals surface area (Å²) < 4.78 is 11.3. The maximum absolute atomic E-state index is 10.8. The molecule has 7 nitrogen and oxygen atoms in total. The lowest BCUT2D eigenvalue weighted by Crippen LogP contribution is -2.21. The molecule has 11 heteroatoms. The fourth-order valence-corrected chi connectivity index (χ4v) is 3.79. The number of methoxy groups -OCH3 is 1. The van der Waals surface area contributed by atoms with Gasteiger partial charge in [0.15, 0.2) is 11.5 Å². The first-order chi connectivity index (χ1) is 15.9. The van der Waals surface area contributed by atoms with Crippen LogP contribution < -0.4 is 20.1 Å². The molecule has 34 heavy (non-hydrogen) atoms. The summed E-state index contributed by atoms with van der Waals surface area (Å²) in [4.78, 5) is 10.3. The monoisotopic (exact) mass is 545 g/mol. The zero-order valence-electron chi connectivity index (χ0n) is 18.1. The molecule has 0 fully saturated rings. The molecular formula is C23H23Cl4N3O4. The third-order valence-electron chi connectivity index (χ3n) is 4.77. The van der Waals surface area contributed by atoms with E-state index in [1.807, 2.05) is 18.2 Å². The fourth-order valence-electron chi connectivity index (χ4n) is 3.04. The number of anilines is 1. The van der Waals surface area contributed by atoms with Gasteiger partial charge in [0.1, 0.15) is 6.61 Å². The van der Waals surface area contributed by atoms with Crippen molar-refractivity contribution in [2.24, 2.45) is 0 Å². The molecule has 3 aromatic rings. The average molecular weight is 547 g/mol. The van der Waals surface area contributed by atoms with Crippen LogP contribution >= 0.6 is 47.2 Å². The van der Waals surface area contributed by atoms with Crippen LogP contribution in [-0.2, 0) is 13.2 Å². The highest BCUT2D eigenvalue weighted by Crippen LogP contribution is 2.31. The Labute approximate surface area is 218 Å². The zero-order chi connectivity index (χ0) is 23.8. The smallest absolute Gasteiger partial charge is 0.271 e. The Morgan fingerprint density at radius 1 is 0.941 bits per heavy atom. The van der Waals surface area contributed by atoms with E-state index in [2.05, 4.69) is 10.6 Å². The summed E-state index contributed by atoms with van der Waals surface area (Å²) >= 11 is 18.5. The Hall–Kier alpha value is -2.42. The molecule has 0 bridgehead atoms. The maximum Gasteiger partial charge on any atom is 0.271 e. The van der Waals surface area contributed by atoms with Gasteiger partial charge in [-0.25, -0.2) is 0 Å². The van der Waals surface area contributed by atoms with Gasteiger partial charge in [0.25, 0.3) is 5.69 Å². The molecular weight excluding hydrogens is 524 g/mol. The molecule has 0 aromatic heterocycles. The third kappa shape index (κ3) is 7.55. The van der Waals surface area contributed by atoms with Crippen molar-refractivity contribution in [2.75, 3.05) is 25.5 Å². The highest BCUT2D eigenvalue weighted by atomic mass is 35.5. The largest absolute Gasteiger partial charge is 0.493 e. The van der Waals surface area contributed by atoms with E-state index < -0.39 is 4.92 Å². The summed E-state index contributed by atoms with van der Waals surface area (Å²) in [5, 5.41) is 18.7. The fraction of sp³-hybridized carbons (Fsp3) is 0.217. The Bertz CT molecular complexity index is 1110. The van der Waals surface area contributed by atoms with Crippen molar-refractivity contribution in [2.45, 2.75) is 13.2 Å². The van der Waals surface area contributed by atoms with Crippen molar-refractivity contribution in [1.82, 2.24) is 5.32 Å². The molecule has 182 valence electrons. The summed E-state index contributed by atoms with van der Waals surface area (Å²) in [6.07, 6.45) is 0. The van der Waals surface area contributed by atoms with Crippen molar-refractivity contribution in [3.8, 4) is 11.5 Å². The minimum absolute atomic E-state index is 0. The SMILES string of the molecule is COc1cc(CNCCNc2ccc([N+](=O)[O-])cc2Cl)ccc1OCc1c(Cl)cccc1Cl.Cl. The first kappa shape index (κ1) is 27.8. The highest BCUT2D eigenvalue weighted by molar-refractivity contribution is 6.36. The summed E-state index contributed by atoms with van der Waals surface area (Å²) in [6.45, 7) is 2.08. The first-order valence-corrected chi connectivity index (χ1v) is 11.1. The lowest BCUT2D eigenvalue weighted by Gasteiger charge is -2.14. The van der Waals surface area contributed by atoms with Gasteiger partial charge in [0.2, 0.25) is 0 Å². The Morgan fingerprint density at radius 3 is 2.32 bits per heavy atom. The Kier molecular flexibility index (Phi) is 11.0. The van der Waals surface area contributed by atoms with Gasteiger partial charge in [-0.1, -0.05) is 46.9 Å². The van der Waals surface area contributed by atoms with Crippen molar-refractivity contribution >= 4 is 58.6 Å². The van der Waals surface area contributed by atoms with Gasteiger partial charge in [-0.05, 0) is 35.9 Å². The van der Waals surface area contributed by atoms with E-state index in [0.29, 0.717) is 57.5 Å². The van der Waals surface area contributed by atoms with Crippen molar-refractivity contribution in [3.63, 3.8) is 0 Å². The van der Waals surface area contributed by atoms with Crippen molar-refractivity contribution in [1.29, 1.82) is 0 Å². The van der Waals surface area contributed by atoms with E-state index in [4.69, 9.17) is 44.3 Å². The molecule has 3 aromatic carbocycles. The molecule has 0 aliphatic carbocycles. The van der Waals surface area contributed by atoms with Crippen LogP contribution in [0.15, 0.2) is 54.6 Å². The second-order valence-corrected chi connectivity index (χ2v) is 8.22. The van der Waals surface area contributed by atoms with Crippen LogP contribution in [-0.4, -0.2) is 25.1 Å². The average Bonchev–Trinajstić information content (AvgIpc) is 2.79. The molecule has 2 N–H and O–H groups in total. The second-order valence-electron chi connectivity index (χ2n) is 7.00. The van der Waals surface area contributed by atoms with Crippen molar-refractivity contribution < 1.29 is 14.4 Å². The number of hydrogen-bond donors (Lipinski definition) is 2. The molecule has 0 saturated carbocycles. The number of nitrogens with zero attached hydrogens (tertiary/aromatic N) is 1. The normalized spacial score (nSPS) is 10.4. The Morgan fingerprint density at radius 2 is 1.68 bits per heavy atom. The molecule has 0 spiro atoms. The second kappa shape index (κ2) is 13.5. The van der Waals surface area contributed by atoms with E-state index in [9.17, 15) is 10.1 Å². The van der Waals surface area contributed by atoms with E-state index in [0.717, 1.165) is 5.56 Å². The first-order valence-electron chi connectivity index (χ1n) is 10.00. The topological polar surface area (TPSA) is 85.7 Å². The van der Waals surface area contributed by atoms with Crippen LogP contribution in [0.3, 0.4) is 0 Å². The van der Waals surface area contributed by atoms with E-state index in [1.165, 1.54) is 12.1 Å². The van der Waals surface area contributed by atoms with Crippen LogP contribution in [0, 0.1) is 10.1 Å². The molecule has 0 aliphatic rings. The highest BCUT2D eigenvalue weighted by Gasteiger charge is 2.11. The number of nitrogens with one attached hydrogen (secondary N) is 2. The number of hydrogen-bond acceptors (Lipinski definition) is 6. The maximum atomic E-state index is 10.8. The minimum atomic E-state index is -0.478. The van der Waals surface area contributed by atoms with Crippen LogP contribution in [0.5, 0.6) is 11.5 Å². The summed E-state index contributed by atoms with van der Waals surface area (Å²) in [6, 6.07) is 15.3. The predicted molar refractivity (Wildman–Crippen MR) is 139 cm³/mol. The molecule has 0 aliphatic heterocycles. The van der Waals surface area contributed by atoms with Gasteiger partial charge in [-0.3, -0.25) is 10.1 Å². The minimum Gasteiger partial charge on any atom is -0.493 e. The number of halogens is 4. The van der Waals surface area contributed by atoms with Crippen molar-refractivity contribution in [3.05, 3.63) is 90.9 Å². The van der Waals surface area contributed by atoms with Gasteiger partial charge in [0.05, 0.1) is 22.7 Å². The summed E-state index contributed by atoms with van der Waals surface area (Å²) in [5.41, 5.74) is 2.34. The van der Waals surface area contributed by atoms with Gasteiger partial charge < -0.3 is 20.1 Å². The standard InChI is InChI=1S/C23H22Cl3N3O4.ClH/c1-32-23-11-15(5-8-22(23)33-14-17-18(24)3-2-4-19(17)25)13-27-9-10-28-21-7-6-16(29(30)31)12-20(21)26;/h2-8,11-12,27-28H,9-10,13-14H2,1H3;1H. The molecule has 0 atom stereocenters. The van der Waals surface area contributed by atoms with E-state index >= 15 is 0 Å². The van der Waals surface area contributed by atoms with Gasteiger partial charge in [0, 0.05) is 47.4 Å². The lowest BCUT2D eigenvalue weighted by molar-refractivity contribution is -0.384. The third-order valence-corrected chi connectivity index (χ3v) is 5.79. The molecule has 0 unspecified atom stereocenters. The zero-order valence-corrected chi connectivity index (χ0v) is 21.2. The van der Waals surface area contributed by atoms with Crippen LogP contribution in [0.1, 0.15) is 11.1 Å². The number of nitro groups is 1. The Balaban J connectivity index is 0.00000408. The van der Waals surface area contributed by atoms with Crippen LogP contribution in [0.2, 0.25) is 15.1 Å². The number of ether oxygens (including phenoxy) is 2. The molecule has 3 rings (SSSR count). The lowest BCUT2D eigenvalue weighted by atomic mass is 10.2. The quantitative estimate of drug-likeness (QED) is 0.157. The van der Waals surface area contributed by atoms with Gasteiger partial charge in [-0.2, -0.15) is 0 Å². The number of nitro benzene ring substituents is 1.